The van der Waals surface area contributed by atoms with Gasteiger partial charge < -0.3 is 30.1 Å². The summed E-state index contributed by atoms with van der Waals surface area (Å²) >= 11 is 0. The van der Waals surface area contributed by atoms with Crippen LogP contribution in [0.15, 0.2) is 48.5 Å². The summed E-state index contributed by atoms with van der Waals surface area (Å²) in [6.45, 7) is 13.0. The molecule has 6 rings (SSSR count). The molecule has 2 aromatic carbocycles. The maximum absolute atomic E-state index is 13.7. The topological polar surface area (TPSA) is 234 Å². The van der Waals surface area contributed by atoms with E-state index in [-0.39, 0.29) is 36.1 Å². The van der Waals surface area contributed by atoms with Gasteiger partial charge in [0.1, 0.15) is 23.6 Å². The number of anilines is 2. The van der Waals surface area contributed by atoms with Crippen molar-refractivity contribution in [2.45, 2.75) is 79.9 Å². The van der Waals surface area contributed by atoms with E-state index in [4.69, 9.17) is 30.9 Å². The number of rotatable bonds is 17. The van der Waals surface area contributed by atoms with Crippen LogP contribution in [0, 0.1) is 13.8 Å². The van der Waals surface area contributed by atoms with Crippen molar-refractivity contribution < 1.29 is 28.7 Å². The molecule has 0 bridgehead atoms. The predicted octanol–water partition coefficient (Wildman–Crippen LogP) is 3.65. The number of carbonyl (C=O) groups excluding carboxylic acids is 4. The summed E-state index contributed by atoms with van der Waals surface area (Å²) < 4.78 is 19.6. The van der Waals surface area contributed by atoms with Crippen LogP contribution in [-0.2, 0) is 35.7 Å². The van der Waals surface area contributed by atoms with Crippen molar-refractivity contribution in [2.24, 2.45) is 11.5 Å². The largest absolute Gasteiger partial charge is 0.374 e. The van der Waals surface area contributed by atoms with E-state index in [1.807, 2.05) is 41.5 Å². The van der Waals surface area contributed by atoms with Gasteiger partial charge in [-0.2, -0.15) is 10.2 Å². The highest BCUT2D eigenvalue weighted by Gasteiger charge is 2.29. The Balaban J connectivity index is 1.41. The minimum atomic E-state index is -0.665. The lowest BCUT2D eigenvalue weighted by molar-refractivity contribution is -0.0788. The number of ether oxygens (including phenoxy) is 2. The fourth-order valence-electron chi connectivity index (χ4n) is 6.74. The number of fused-ring (bicyclic) bond motifs is 2. The fourth-order valence-corrected chi connectivity index (χ4v) is 6.74. The second kappa shape index (κ2) is 16.5. The molecule has 56 heavy (non-hydrogen) atoms. The second-order valence-corrected chi connectivity index (χ2v) is 13.1. The lowest BCUT2D eigenvalue weighted by Gasteiger charge is -2.29. The molecule has 18 heteroatoms. The van der Waals surface area contributed by atoms with E-state index >= 15 is 0 Å². The molecule has 0 saturated carbocycles. The van der Waals surface area contributed by atoms with E-state index in [1.165, 1.54) is 0 Å². The number of nitrogens with zero attached hydrogens (tertiary/aromatic N) is 8. The summed E-state index contributed by atoms with van der Waals surface area (Å²) in [6, 6.07) is 13.1. The summed E-state index contributed by atoms with van der Waals surface area (Å²) in [4.78, 5) is 61.1. The number of hydrogen-bond donors (Lipinski definition) is 4. The van der Waals surface area contributed by atoms with Gasteiger partial charge in [-0.05, 0) is 90.1 Å². The first-order valence-electron chi connectivity index (χ1n) is 18.4. The Labute approximate surface area is 322 Å². The lowest BCUT2D eigenvalue weighted by atomic mass is 10.1. The minimum absolute atomic E-state index is 0.141. The number of amides is 4. The highest BCUT2D eigenvalue weighted by Crippen LogP contribution is 2.27. The van der Waals surface area contributed by atoms with E-state index in [0.717, 1.165) is 0 Å². The number of carbonyl (C=O) groups is 4. The van der Waals surface area contributed by atoms with Crippen LogP contribution in [0.5, 0.6) is 0 Å². The number of aromatic nitrogens is 8. The molecule has 0 unspecified atom stereocenters. The number of hydrogen-bond acceptors (Lipinski definition) is 10. The van der Waals surface area contributed by atoms with Gasteiger partial charge in [0.2, 0.25) is 23.7 Å². The van der Waals surface area contributed by atoms with Crippen molar-refractivity contribution in [2.75, 3.05) is 23.8 Å². The van der Waals surface area contributed by atoms with Crippen LogP contribution in [-0.4, -0.2) is 87.7 Å². The van der Waals surface area contributed by atoms with Crippen LogP contribution in [0.2, 0.25) is 0 Å². The summed E-state index contributed by atoms with van der Waals surface area (Å²) in [7, 11) is 0. The highest BCUT2D eigenvalue weighted by molar-refractivity contribution is 6.04. The normalized spacial score (nSPS) is 12.6. The van der Waals surface area contributed by atoms with Crippen molar-refractivity contribution in [3.63, 3.8) is 0 Å². The van der Waals surface area contributed by atoms with Gasteiger partial charge in [-0.1, -0.05) is 0 Å². The third-order valence-electron chi connectivity index (χ3n) is 9.29. The maximum Gasteiger partial charge on any atom is 0.276 e. The van der Waals surface area contributed by atoms with Crippen molar-refractivity contribution in [3.05, 3.63) is 82.4 Å². The molecule has 4 aromatic heterocycles. The van der Waals surface area contributed by atoms with Gasteiger partial charge in [-0.3, -0.25) is 39.2 Å². The molecule has 0 aliphatic heterocycles. The Morgan fingerprint density at radius 2 is 1.04 bits per heavy atom. The molecule has 18 nitrogen and oxygen atoms in total. The molecule has 4 amide bonds. The van der Waals surface area contributed by atoms with Gasteiger partial charge in [0.05, 0.1) is 46.5 Å². The Bertz CT molecular complexity index is 2270. The van der Waals surface area contributed by atoms with E-state index in [9.17, 15) is 19.2 Å². The van der Waals surface area contributed by atoms with Crippen LogP contribution in [0.1, 0.15) is 80.8 Å². The SMILES string of the molecule is CCO[C@@H](Cn1c(NC(=O)c2cc(C)nn2CC)nc2cc(C(N)=O)ccc21)[C@H](Cn1c(NC(=O)c2cc(C)nn2CC)nc2cc(C(N)=O)ccc21)OCC. The van der Waals surface area contributed by atoms with Crippen LogP contribution >= 0.6 is 0 Å². The van der Waals surface area contributed by atoms with Gasteiger partial charge in [-0.25, -0.2) is 9.97 Å². The molecule has 6 N–H and O–H groups in total. The van der Waals surface area contributed by atoms with Crippen LogP contribution in [0.4, 0.5) is 11.9 Å². The number of benzene rings is 2. The zero-order valence-electron chi connectivity index (χ0n) is 32.2. The van der Waals surface area contributed by atoms with Crippen LogP contribution in [0.25, 0.3) is 22.1 Å². The summed E-state index contributed by atoms with van der Waals surface area (Å²) in [5, 5.41) is 14.7. The summed E-state index contributed by atoms with van der Waals surface area (Å²) in [5.41, 5.74) is 15.9. The molecule has 4 heterocycles. The van der Waals surface area contributed by atoms with Crippen LogP contribution in [0.3, 0.4) is 0 Å². The number of imidazole rings is 2. The fraction of sp³-hybridized carbons (Fsp3) is 0.368. The number of primary amides is 2. The quantitative estimate of drug-likeness (QED) is 0.105. The maximum atomic E-state index is 13.7. The highest BCUT2D eigenvalue weighted by atomic mass is 16.5. The monoisotopic (exact) mass is 766 g/mol. The molecular weight excluding hydrogens is 720 g/mol. The standard InChI is InChI=1S/C38H46N12O6/c1-7-49-29(15-21(5)45-49)35(53)43-37-41-25-17-23(33(39)51)11-13-27(25)47(37)19-31(55-9-3)32(56-10-4)20-48-28-14-12-24(34(40)52)18-26(28)42-38(48)44-36(54)30-16-22(6)46-50(30)8-2/h11-18,31-32H,7-10,19-20H2,1-6H3,(H2,39,51)(H2,40,52)(H,41,43,53)(H,42,44,54)/t31-,32-/m0/s1. The summed E-state index contributed by atoms with van der Waals surface area (Å²) in [5.74, 6) is -1.68. The minimum Gasteiger partial charge on any atom is -0.374 e. The lowest BCUT2D eigenvalue weighted by Crippen LogP contribution is -2.39. The van der Waals surface area contributed by atoms with E-state index in [0.29, 0.717) is 71.1 Å². The molecular formula is C38H46N12O6. The first kappa shape index (κ1) is 39.3. The molecule has 0 fully saturated rings. The third kappa shape index (κ3) is 8.01. The first-order valence-corrected chi connectivity index (χ1v) is 18.4. The molecule has 0 spiro atoms. The van der Waals surface area contributed by atoms with Gasteiger partial charge in [0.25, 0.3) is 11.8 Å². The number of aryl methyl sites for hydroxylation is 4. The summed E-state index contributed by atoms with van der Waals surface area (Å²) in [6.07, 6.45) is -1.33. The zero-order chi connectivity index (χ0) is 40.3. The Morgan fingerprint density at radius 3 is 1.38 bits per heavy atom. The van der Waals surface area contributed by atoms with Gasteiger partial charge >= 0.3 is 0 Å². The molecule has 0 aliphatic rings. The van der Waals surface area contributed by atoms with Crippen molar-refractivity contribution in [3.8, 4) is 0 Å². The van der Waals surface area contributed by atoms with Crippen molar-refractivity contribution >= 4 is 57.6 Å². The average Bonchev–Trinajstić information content (AvgIpc) is 3.93. The van der Waals surface area contributed by atoms with Crippen molar-refractivity contribution in [1.29, 1.82) is 0 Å². The predicted molar refractivity (Wildman–Crippen MR) is 209 cm³/mol. The molecule has 0 saturated heterocycles. The molecule has 0 radical (unpaired) electrons. The Hall–Kier alpha value is -6.40. The number of nitrogens with two attached hydrogens (primary N) is 2. The number of nitrogens with one attached hydrogen (secondary N) is 2. The Kier molecular flexibility index (Phi) is 11.6. The smallest absolute Gasteiger partial charge is 0.276 e. The molecule has 294 valence electrons. The molecule has 6 aromatic rings. The van der Waals surface area contributed by atoms with E-state index < -0.39 is 35.8 Å². The van der Waals surface area contributed by atoms with Crippen molar-refractivity contribution in [1.82, 2.24) is 38.7 Å². The second-order valence-electron chi connectivity index (χ2n) is 13.1. The zero-order valence-corrected chi connectivity index (χ0v) is 32.2. The van der Waals surface area contributed by atoms with E-state index in [2.05, 4.69) is 20.8 Å². The molecule has 0 aliphatic carbocycles. The van der Waals surface area contributed by atoms with Crippen LogP contribution < -0.4 is 22.1 Å². The third-order valence-corrected chi connectivity index (χ3v) is 9.29. The Morgan fingerprint density at radius 1 is 0.643 bits per heavy atom. The molecule has 2 atom stereocenters. The van der Waals surface area contributed by atoms with E-state index in [1.54, 1.807) is 67.0 Å². The van der Waals surface area contributed by atoms with Gasteiger partial charge in [0, 0.05) is 37.4 Å². The van der Waals surface area contributed by atoms with Gasteiger partial charge in [-0.15, -0.1) is 0 Å². The van der Waals surface area contributed by atoms with Gasteiger partial charge in [0.15, 0.2) is 0 Å². The first-order chi connectivity index (χ1) is 26.8. The average molecular weight is 767 g/mol.